The highest BCUT2D eigenvalue weighted by atomic mass is 16.1. The van der Waals surface area contributed by atoms with Crippen molar-refractivity contribution in [1.29, 1.82) is 0 Å². The third kappa shape index (κ3) is 3.51. The van der Waals surface area contributed by atoms with Crippen molar-refractivity contribution in [1.82, 2.24) is 25.4 Å². The number of carbonyl (C=O) groups excluding carboxylic acids is 1. The largest absolute Gasteiger partial charge is 0.371 e. The highest BCUT2D eigenvalue weighted by Crippen LogP contribution is 2.23. The summed E-state index contributed by atoms with van der Waals surface area (Å²) in [6, 6.07) is 11.8. The molecule has 0 radical (unpaired) electrons. The summed E-state index contributed by atoms with van der Waals surface area (Å²) in [6.45, 7) is 5.05. The van der Waals surface area contributed by atoms with E-state index in [1.54, 1.807) is 18.3 Å². The Bertz CT molecular complexity index is 904. The van der Waals surface area contributed by atoms with Gasteiger partial charge in [0.2, 0.25) is 0 Å². The molecule has 0 saturated carbocycles. The smallest absolute Gasteiger partial charge is 0.251 e. The molecule has 4 rings (SSSR count). The molecule has 7 nitrogen and oxygen atoms in total. The van der Waals surface area contributed by atoms with Crippen LogP contribution in [0, 0.1) is 5.92 Å². The quantitative estimate of drug-likeness (QED) is 0.781. The number of tetrazole rings is 1. The van der Waals surface area contributed by atoms with Crippen molar-refractivity contribution in [3.05, 3.63) is 53.7 Å². The molecule has 2 aromatic heterocycles. The van der Waals surface area contributed by atoms with Crippen LogP contribution in [-0.4, -0.2) is 39.0 Å². The number of hydrogen-bond acceptors (Lipinski definition) is 5. The van der Waals surface area contributed by atoms with E-state index in [1.165, 1.54) is 23.0 Å². The molecule has 1 atom stereocenters. The molecule has 1 N–H and O–H groups in total. The summed E-state index contributed by atoms with van der Waals surface area (Å²) in [5.41, 5.74) is 3.44. The van der Waals surface area contributed by atoms with Crippen LogP contribution in [0.2, 0.25) is 0 Å². The maximum Gasteiger partial charge on any atom is 0.251 e. The molecule has 1 aromatic carbocycles. The number of nitrogens with zero attached hydrogens (tertiary/aromatic N) is 5. The highest BCUT2D eigenvalue weighted by Gasteiger charge is 2.16. The maximum absolute atomic E-state index is 12.3. The predicted octanol–water partition coefficient (Wildman–Crippen LogP) is 2.29. The molecule has 1 amide bonds. The van der Waals surface area contributed by atoms with Crippen molar-refractivity contribution in [3.8, 4) is 0 Å². The molecular weight excluding hydrogens is 328 g/mol. The number of carbonyl (C=O) groups is 1. The van der Waals surface area contributed by atoms with Crippen molar-refractivity contribution in [2.24, 2.45) is 5.92 Å². The fourth-order valence-electron chi connectivity index (χ4n) is 3.41. The van der Waals surface area contributed by atoms with E-state index in [-0.39, 0.29) is 5.91 Å². The Morgan fingerprint density at radius 1 is 1.27 bits per heavy atom. The highest BCUT2D eigenvalue weighted by molar-refractivity contribution is 5.94. The van der Waals surface area contributed by atoms with Gasteiger partial charge in [0.15, 0.2) is 5.65 Å². The lowest BCUT2D eigenvalue weighted by atomic mass is 9.99. The van der Waals surface area contributed by atoms with E-state index in [0.29, 0.717) is 17.8 Å². The van der Waals surface area contributed by atoms with Crippen LogP contribution in [0.5, 0.6) is 0 Å². The van der Waals surface area contributed by atoms with Crippen molar-refractivity contribution < 1.29 is 4.79 Å². The molecular formula is C19H22N6O. The molecule has 7 heteroatoms. The van der Waals surface area contributed by atoms with Gasteiger partial charge in [0.05, 0.1) is 0 Å². The molecule has 0 spiro atoms. The molecule has 26 heavy (non-hydrogen) atoms. The standard InChI is InChI=1S/C19H22N6O/c1-14-3-2-9-24(13-14)17-6-4-15(5-7-17)12-20-19(26)16-8-10-25-18(11-16)21-22-23-25/h4-8,10-11,14H,2-3,9,12-13H2,1H3,(H,20,26)/t14-/m1/s1. The molecule has 3 aromatic rings. The van der Waals surface area contributed by atoms with Crippen molar-refractivity contribution in [2.75, 3.05) is 18.0 Å². The Morgan fingerprint density at radius 2 is 2.12 bits per heavy atom. The Labute approximate surface area is 152 Å². The first-order chi connectivity index (χ1) is 12.7. The van der Waals surface area contributed by atoms with E-state index in [4.69, 9.17) is 0 Å². The zero-order valence-corrected chi connectivity index (χ0v) is 14.8. The van der Waals surface area contributed by atoms with Gasteiger partial charge in [-0.1, -0.05) is 19.1 Å². The Morgan fingerprint density at radius 3 is 2.92 bits per heavy atom. The second kappa shape index (κ2) is 7.11. The first-order valence-corrected chi connectivity index (χ1v) is 8.99. The van der Waals surface area contributed by atoms with Gasteiger partial charge >= 0.3 is 0 Å². The second-order valence-electron chi connectivity index (χ2n) is 6.94. The molecule has 0 aliphatic carbocycles. The van der Waals surface area contributed by atoms with Gasteiger partial charge < -0.3 is 10.2 Å². The van der Waals surface area contributed by atoms with Crippen LogP contribution in [-0.2, 0) is 6.54 Å². The van der Waals surface area contributed by atoms with Crippen LogP contribution in [0.25, 0.3) is 5.65 Å². The van der Waals surface area contributed by atoms with Crippen LogP contribution < -0.4 is 10.2 Å². The lowest BCUT2D eigenvalue weighted by molar-refractivity contribution is 0.0951. The zero-order valence-electron chi connectivity index (χ0n) is 14.8. The van der Waals surface area contributed by atoms with Crippen molar-refractivity contribution >= 4 is 17.2 Å². The molecule has 0 bridgehead atoms. The maximum atomic E-state index is 12.3. The van der Waals surface area contributed by atoms with Gasteiger partial charge in [0.25, 0.3) is 5.91 Å². The average molecular weight is 350 g/mol. The fourth-order valence-corrected chi connectivity index (χ4v) is 3.41. The molecule has 1 saturated heterocycles. The van der Waals surface area contributed by atoms with Crippen LogP contribution >= 0.6 is 0 Å². The number of anilines is 1. The minimum Gasteiger partial charge on any atom is -0.371 e. The van der Waals surface area contributed by atoms with E-state index >= 15 is 0 Å². The minimum atomic E-state index is -0.135. The lowest BCUT2D eigenvalue weighted by Crippen LogP contribution is -2.34. The average Bonchev–Trinajstić information content (AvgIpc) is 3.14. The summed E-state index contributed by atoms with van der Waals surface area (Å²) >= 11 is 0. The summed E-state index contributed by atoms with van der Waals surface area (Å²) in [4.78, 5) is 14.8. The molecule has 1 aliphatic rings. The predicted molar refractivity (Wildman–Crippen MR) is 99.0 cm³/mol. The first kappa shape index (κ1) is 16.5. The normalized spacial score (nSPS) is 17.4. The minimum absolute atomic E-state index is 0.135. The molecule has 0 unspecified atom stereocenters. The number of hydrogen-bond donors (Lipinski definition) is 1. The second-order valence-corrected chi connectivity index (χ2v) is 6.94. The van der Waals surface area contributed by atoms with Gasteiger partial charge in [0.1, 0.15) is 0 Å². The van der Waals surface area contributed by atoms with E-state index < -0.39 is 0 Å². The molecule has 1 aliphatic heterocycles. The van der Waals surface area contributed by atoms with Gasteiger partial charge in [-0.15, -0.1) is 5.10 Å². The van der Waals surface area contributed by atoms with Crippen molar-refractivity contribution in [2.45, 2.75) is 26.3 Å². The van der Waals surface area contributed by atoms with Crippen LogP contribution in [0.15, 0.2) is 42.6 Å². The summed E-state index contributed by atoms with van der Waals surface area (Å²) < 4.78 is 1.52. The number of pyridine rings is 1. The van der Waals surface area contributed by atoms with Gasteiger partial charge in [-0.25, -0.2) is 4.52 Å². The Balaban J connectivity index is 1.37. The summed E-state index contributed by atoms with van der Waals surface area (Å²) in [7, 11) is 0. The van der Waals surface area contributed by atoms with E-state index in [1.807, 2.05) is 0 Å². The summed E-state index contributed by atoms with van der Waals surface area (Å²) in [5.74, 6) is 0.616. The number of aromatic nitrogens is 4. The zero-order chi connectivity index (χ0) is 17.9. The number of benzene rings is 1. The van der Waals surface area contributed by atoms with Gasteiger partial charge in [0, 0.05) is 37.1 Å². The van der Waals surface area contributed by atoms with E-state index in [0.717, 1.165) is 24.6 Å². The fraction of sp³-hybridized carbons (Fsp3) is 0.368. The van der Waals surface area contributed by atoms with E-state index in [2.05, 4.69) is 56.9 Å². The SMILES string of the molecule is C[C@@H]1CCCN(c2ccc(CNC(=O)c3ccn4nnnc4c3)cc2)C1. The van der Waals surface area contributed by atoms with Crippen LogP contribution in [0.4, 0.5) is 5.69 Å². The number of piperidine rings is 1. The van der Waals surface area contributed by atoms with Crippen molar-refractivity contribution in [3.63, 3.8) is 0 Å². The first-order valence-electron chi connectivity index (χ1n) is 8.99. The monoisotopic (exact) mass is 350 g/mol. The number of amides is 1. The summed E-state index contributed by atoms with van der Waals surface area (Å²) in [6.07, 6.45) is 4.25. The van der Waals surface area contributed by atoms with E-state index in [9.17, 15) is 4.79 Å². The Kier molecular flexibility index (Phi) is 4.51. The van der Waals surface area contributed by atoms with Gasteiger partial charge in [-0.05, 0) is 59.0 Å². The topological polar surface area (TPSA) is 75.4 Å². The van der Waals surface area contributed by atoms with Gasteiger partial charge in [-0.3, -0.25) is 4.79 Å². The molecule has 1 fully saturated rings. The van der Waals surface area contributed by atoms with Crippen LogP contribution in [0.1, 0.15) is 35.7 Å². The number of nitrogens with one attached hydrogen (secondary N) is 1. The third-order valence-electron chi connectivity index (χ3n) is 4.87. The number of fused-ring (bicyclic) bond motifs is 1. The van der Waals surface area contributed by atoms with Gasteiger partial charge in [-0.2, -0.15) is 0 Å². The third-order valence-corrected chi connectivity index (χ3v) is 4.87. The Hall–Kier alpha value is -2.96. The lowest BCUT2D eigenvalue weighted by Gasteiger charge is -2.32. The van der Waals surface area contributed by atoms with Crippen LogP contribution in [0.3, 0.4) is 0 Å². The summed E-state index contributed by atoms with van der Waals surface area (Å²) in [5, 5.41) is 14.2. The number of rotatable bonds is 4. The molecule has 3 heterocycles. The molecule has 134 valence electrons.